The van der Waals surface area contributed by atoms with Crippen molar-refractivity contribution in [2.45, 2.75) is 27.3 Å². The Balaban J connectivity index is 1.52. The van der Waals surface area contributed by atoms with Crippen LogP contribution in [0, 0.1) is 20.8 Å². The standard InChI is InChI=1S/C22H24N6O2/c1-14-9-8-10-15(2)19(14)24-22-26-25-18(30-22)13-23-20-16(3)27(4)28(21(20)29)17-11-6-5-7-12-17/h5-12,23H,13H2,1-4H3,(H,24,26). The molecule has 2 N–H and O–H groups in total. The topological polar surface area (TPSA) is 89.9 Å². The Hall–Kier alpha value is -3.81. The molecule has 0 saturated heterocycles. The molecule has 8 nitrogen and oxygen atoms in total. The number of hydrogen-bond acceptors (Lipinski definition) is 6. The second-order valence-corrected chi connectivity index (χ2v) is 7.18. The van der Waals surface area contributed by atoms with Gasteiger partial charge >= 0.3 is 6.01 Å². The maximum atomic E-state index is 13.0. The molecule has 0 saturated carbocycles. The minimum atomic E-state index is -0.130. The summed E-state index contributed by atoms with van der Waals surface area (Å²) in [5, 5.41) is 14.5. The van der Waals surface area contributed by atoms with Crippen molar-refractivity contribution in [2.75, 3.05) is 10.6 Å². The fraction of sp³-hybridized carbons (Fsp3) is 0.227. The van der Waals surface area contributed by atoms with Gasteiger partial charge in [0.1, 0.15) is 5.69 Å². The van der Waals surface area contributed by atoms with Crippen LogP contribution in [0.2, 0.25) is 0 Å². The van der Waals surface area contributed by atoms with Gasteiger partial charge in [-0.05, 0) is 44.0 Å². The summed E-state index contributed by atoms with van der Waals surface area (Å²) < 4.78 is 9.15. The first-order valence-corrected chi connectivity index (χ1v) is 9.69. The average Bonchev–Trinajstić information content (AvgIpc) is 3.27. The van der Waals surface area contributed by atoms with Gasteiger partial charge in [0.05, 0.1) is 17.9 Å². The number of aryl methyl sites for hydroxylation is 2. The van der Waals surface area contributed by atoms with Gasteiger partial charge in [0, 0.05) is 12.7 Å². The minimum absolute atomic E-state index is 0.130. The third-order valence-corrected chi connectivity index (χ3v) is 5.15. The van der Waals surface area contributed by atoms with Crippen LogP contribution in [-0.4, -0.2) is 19.6 Å². The van der Waals surface area contributed by atoms with E-state index in [-0.39, 0.29) is 12.1 Å². The van der Waals surface area contributed by atoms with Crippen LogP contribution in [0.25, 0.3) is 5.69 Å². The van der Waals surface area contributed by atoms with Crippen molar-refractivity contribution in [1.82, 2.24) is 19.6 Å². The van der Waals surface area contributed by atoms with Crippen molar-refractivity contribution < 1.29 is 4.42 Å². The van der Waals surface area contributed by atoms with Crippen molar-refractivity contribution in [3.63, 3.8) is 0 Å². The van der Waals surface area contributed by atoms with Crippen LogP contribution in [0.4, 0.5) is 17.4 Å². The quantitative estimate of drug-likeness (QED) is 0.507. The van der Waals surface area contributed by atoms with Crippen molar-refractivity contribution in [2.24, 2.45) is 7.05 Å². The zero-order valence-electron chi connectivity index (χ0n) is 17.4. The Labute approximate surface area is 174 Å². The van der Waals surface area contributed by atoms with Gasteiger partial charge in [0.25, 0.3) is 5.56 Å². The van der Waals surface area contributed by atoms with E-state index in [0.29, 0.717) is 17.6 Å². The highest BCUT2D eigenvalue weighted by molar-refractivity contribution is 5.61. The van der Waals surface area contributed by atoms with Crippen molar-refractivity contribution >= 4 is 17.4 Å². The van der Waals surface area contributed by atoms with E-state index in [9.17, 15) is 4.79 Å². The van der Waals surface area contributed by atoms with E-state index in [1.54, 1.807) is 4.68 Å². The van der Waals surface area contributed by atoms with Crippen LogP contribution < -0.4 is 16.2 Å². The van der Waals surface area contributed by atoms with E-state index in [4.69, 9.17) is 4.42 Å². The second-order valence-electron chi connectivity index (χ2n) is 7.18. The summed E-state index contributed by atoms with van der Waals surface area (Å²) in [6, 6.07) is 15.9. The molecule has 2 heterocycles. The highest BCUT2D eigenvalue weighted by Gasteiger charge is 2.17. The SMILES string of the molecule is Cc1cccc(C)c1Nc1nnc(CNc2c(C)n(C)n(-c3ccccc3)c2=O)o1. The second kappa shape index (κ2) is 7.90. The summed E-state index contributed by atoms with van der Waals surface area (Å²) in [5.74, 6) is 0.387. The van der Waals surface area contributed by atoms with Crippen LogP contribution in [0.3, 0.4) is 0 Å². The molecular formula is C22H24N6O2. The molecule has 0 radical (unpaired) electrons. The molecule has 2 aromatic carbocycles. The predicted octanol–water partition coefficient (Wildman–Crippen LogP) is 3.84. The zero-order valence-corrected chi connectivity index (χ0v) is 17.4. The van der Waals surface area contributed by atoms with Gasteiger partial charge in [-0.25, -0.2) is 4.68 Å². The van der Waals surface area contributed by atoms with E-state index in [1.807, 2.05) is 81.0 Å². The van der Waals surface area contributed by atoms with Crippen LogP contribution >= 0.6 is 0 Å². The molecular weight excluding hydrogens is 380 g/mol. The Morgan fingerprint density at radius 1 is 0.933 bits per heavy atom. The Kier molecular flexibility index (Phi) is 5.14. The van der Waals surface area contributed by atoms with Crippen LogP contribution in [-0.2, 0) is 13.6 Å². The average molecular weight is 404 g/mol. The van der Waals surface area contributed by atoms with Crippen molar-refractivity contribution in [3.05, 3.63) is 81.6 Å². The van der Waals surface area contributed by atoms with Crippen LogP contribution in [0.15, 0.2) is 57.7 Å². The molecule has 0 aliphatic rings. The van der Waals surface area contributed by atoms with E-state index in [0.717, 1.165) is 28.2 Å². The summed E-state index contributed by atoms with van der Waals surface area (Å²) in [6.45, 7) is 6.18. The maximum absolute atomic E-state index is 13.0. The molecule has 4 rings (SSSR count). The highest BCUT2D eigenvalue weighted by Crippen LogP contribution is 2.23. The fourth-order valence-corrected chi connectivity index (χ4v) is 3.43. The van der Waals surface area contributed by atoms with Crippen LogP contribution in [0.5, 0.6) is 0 Å². The van der Waals surface area contributed by atoms with Gasteiger partial charge in [-0.3, -0.25) is 9.48 Å². The molecule has 0 fully saturated rings. The Morgan fingerprint density at radius 3 is 2.33 bits per heavy atom. The van der Waals surface area contributed by atoms with Gasteiger partial charge in [0.15, 0.2) is 0 Å². The lowest BCUT2D eigenvalue weighted by Crippen LogP contribution is -2.21. The zero-order chi connectivity index (χ0) is 21.3. The molecule has 2 aromatic heterocycles. The lowest BCUT2D eigenvalue weighted by atomic mass is 10.1. The number of nitrogens with one attached hydrogen (secondary N) is 2. The molecule has 0 unspecified atom stereocenters. The highest BCUT2D eigenvalue weighted by atomic mass is 16.4. The smallest absolute Gasteiger partial charge is 0.320 e. The normalized spacial score (nSPS) is 10.9. The molecule has 154 valence electrons. The first-order valence-electron chi connectivity index (χ1n) is 9.69. The Morgan fingerprint density at radius 2 is 1.63 bits per heavy atom. The molecule has 30 heavy (non-hydrogen) atoms. The molecule has 8 heteroatoms. The fourth-order valence-electron chi connectivity index (χ4n) is 3.43. The van der Waals surface area contributed by atoms with E-state index in [1.165, 1.54) is 0 Å². The number of rotatable bonds is 6. The van der Waals surface area contributed by atoms with Gasteiger partial charge in [0.2, 0.25) is 5.89 Å². The van der Waals surface area contributed by atoms with Crippen molar-refractivity contribution in [1.29, 1.82) is 0 Å². The third-order valence-electron chi connectivity index (χ3n) is 5.15. The third kappa shape index (κ3) is 3.59. The molecule has 0 amide bonds. The number of anilines is 3. The number of benzene rings is 2. The van der Waals surface area contributed by atoms with Gasteiger partial charge < -0.3 is 15.1 Å². The lowest BCUT2D eigenvalue weighted by Gasteiger charge is -2.08. The van der Waals surface area contributed by atoms with E-state index in [2.05, 4.69) is 20.8 Å². The number of nitrogens with zero attached hydrogens (tertiary/aromatic N) is 4. The summed E-state index contributed by atoms with van der Waals surface area (Å²) in [6.07, 6.45) is 0. The molecule has 4 aromatic rings. The lowest BCUT2D eigenvalue weighted by molar-refractivity contribution is 0.517. The predicted molar refractivity (Wildman–Crippen MR) is 117 cm³/mol. The number of aromatic nitrogens is 4. The summed E-state index contributed by atoms with van der Waals surface area (Å²) in [5.41, 5.74) is 5.13. The largest absolute Gasteiger partial charge is 0.406 e. The molecule has 0 atom stereocenters. The first kappa shape index (κ1) is 19.5. The minimum Gasteiger partial charge on any atom is -0.406 e. The molecule has 0 aliphatic carbocycles. The molecule has 0 bridgehead atoms. The molecule has 0 aliphatic heterocycles. The van der Waals surface area contributed by atoms with Gasteiger partial charge in [-0.2, -0.15) is 0 Å². The van der Waals surface area contributed by atoms with E-state index < -0.39 is 0 Å². The summed E-state index contributed by atoms with van der Waals surface area (Å²) in [7, 11) is 1.86. The number of para-hydroxylation sites is 2. The van der Waals surface area contributed by atoms with Gasteiger partial charge in [-0.15, -0.1) is 5.10 Å². The molecule has 0 spiro atoms. The first-order chi connectivity index (χ1) is 14.5. The van der Waals surface area contributed by atoms with Crippen molar-refractivity contribution in [3.8, 4) is 5.69 Å². The maximum Gasteiger partial charge on any atom is 0.320 e. The summed E-state index contributed by atoms with van der Waals surface area (Å²) >= 11 is 0. The Bertz CT molecular complexity index is 1220. The number of hydrogen-bond donors (Lipinski definition) is 2. The van der Waals surface area contributed by atoms with E-state index >= 15 is 0 Å². The summed E-state index contributed by atoms with van der Waals surface area (Å²) in [4.78, 5) is 13.0. The van der Waals surface area contributed by atoms with Gasteiger partial charge in [-0.1, -0.05) is 41.5 Å². The monoisotopic (exact) mass is 404 g/mol. The van der Waals surface area contributed by atoms with Crippen LogP contribution in [0.1, 0.15) is 22.7 Å².